The van der Waals surface area contributed by atoms with Gasteiger partial charge in [-0.1, -0.05) is 0 Å². The first-order valence-corrected chi connectivity index (χ1v) is 8.25. The average Bonchev–Trinajstić information content (AvgIpc) is 2.29. The zero-order valence-electron chi connectivity index (χ0n) is 10.8. The van der Waals surface area contributed by atoms with Gasteiger partial charge in [0.05, 0.1) is 12.8 Å². The molecule has 0 aliphatic carbocycles. The molecule has 23 heavy (non-hydrogen) atoms. The van der Waals surface area contributed by atoms with Gasteiger partial charge in [-0.05, 0) is 0 Å². The molecule has 0 spiro atoms. The lowest BCUT2D eigenvalue weighted by molar-refractivity contribution is -0.144. The first-order chi connectivity index (χ1) is 10.2. The maximum absolute atomic E-state index is 11.5. The summed E-state index contributed by atoms with van der Waals surface area (Å²) in [5.41, 5.74) is 0. The van der Waals surface area contributed by atoms with Crippen molar-refractivity contribution in [3.8, 4) is 0 Å². The van der Waals surface area contributed by atoms with Crippen molar-refractivity contribution >= 4 is 44.1 Å². The van der Waals surface area contributed by atoms with E-state index in [4.69, 9.17) is 19.9 Å². The fourth-order valence-electron chi connectivity index (χ4n) is 1.17. The van der Waals surface area contributed by atoms with Crippen molar-refractivity contribution in [3.05, 3.63) is 0 Å². The zero-order chi connectivity index (χ0) is 18.6. The molecule has 0 aliphatic rings. The van der Waals surface area contributed by atoms with E-state index in [0.29, 0.717) is 0 Å². The third kappa shape index (κ3) is 6.57. The Labute approximate surface area is 128 Å². The van der Waals surface area contributed by atoms with Gasteiger partial charge in [-0.15, -0.1) is 0 Å². The maximum atomic E-state index is 11.5. The van der Waals surface area contributed by atoms with Gasteiger partial charge in [0.15, 0.2) is 5.25 Å². The standard InChI is InChI=1S/C8H10O13S2/c9-5(10)1-3(7(13)14)23(19,20)21-8(15)4(2-6(11)12)22(16,17)18/h3-4H,1-2H2,(H,9,10)(H,11,12)(H,13,14)(H,16,17,18). The van der Waals surface area contributed by atoms with E-state index in [2.05, 4.69) is 4.18 Å². The third-order valence-electron chi connectivity index (χ3n) is 2.16. The number of hydrogen-bond acceptors (Lipinski definition) is 9. The summed E-state index contributed by atoms with van der Waals surface area (Å²) in [7, 11) is -10.8. The molecule has 0 rings (SSSR count). The highest BCUT2D eigenvalue weighted by atomic mass is 32.2. The van der Waals surface area contributed by atoms with E-state index in [9.17, 15) is 36.0 Å². The van der Waals surface area contributed by atoms with E-state index < -0.39 is 67.5 Å². The summed E-state index contributed by atoms with van der Waals surface area (Å²) in [6.07, 6.45) is -3.08. The van der Waals surface area contributed by atoms with Crippen LogP contribution in [-0.2, 0) is 43.6 Å². The van der Waals surface area contributed by atoms with Gasteiger partial charge in [-0.3, -0.25) is 18.9 Å². The minimum atomic E-state index is -5.46. The first-order valence-electron chi connectivity index (χ1n) is 5.28. The lowest BCUT2D eigenvalue weighted by Gasteiger charge is -2.14. The molecule has 0 bridgehead atoms. The molecule has 0 aromatic carbocycles. The predicted octanol–water partition coefficient (Wildman–Crippen LogP) is -2.48. The van der Waals surface area contributed by atoms with Crippen molar-refractivity contribution in [2.24, 2.45) is 0 Å². The van der Waals surface area contributed by atoms with Crippen LogP contribution >= 0.6 is 0 Å². The van der Waals surface area contributed by atoms with Crippen molar-refractivity contribution in [1.82, 2.24) is 0 Å². The van der Waals surface area contributed by atoms with E-state index in [1.54, 1.807) is 0 Å². The van der Waals surface area contributed by atoms with Gasteiger partial charge in [0, 0.05) is 0 Å². The van der Waals surface area contributed by atoms with Crippen LogP contribution in [0.15, 0.2) is 0 Å². The van der Waals surface area contributed by atoms with Crippen molar-refractivity contribution in [3.63, 3.8) is 0 Å². The molecule has 2 atom stereocenters. The number of aliphatic carboxylic acids is 3. The molecule has 0 aromatic rings. The van der Waals surface area contributed by atoms with E-state index in [1.165, 1.54) is 0 Å². The quantitative estimate of drug-likeness (QED) is 0.241. The van der Waals surface area contributed by atoms with Crippen molar-refractivity contribution in [1.29, 1.82) is 0 Å². The monoisotopic (exact) mass is 378 g/mol. The van der Waals surface area contributed by atoms with Crippen molar-refractivity contribution in [2.75, 3.05) is 0 Å². The smallest absolute Gasteiger partial charge is 0.343 e. The molecule has 0 heterocycles. The van der Waals surface area contributed by atoms with Crippen LogP contribution in [0.1, 0.15) is 12.8 Å². The van der Waals surface area contributed by atoms with Crippen LogP contribution in [0, 0.1) is 0 Å². The number of rotatable bonds is 9. The number of carbonyl (C=O) groups excluding carboxylic acids is 1. The predicted molar refractivity (Wildman–Crippen MR) is 66.3 cm³/mol. The normalized spacial score (nSPS) is 14.5. The zero-order valence-corrected chi connectivity index (χ0v) is 12.5. The molecule has 13 nitrogen and oxygen atoms in total. The van der Waals surface area contributed by atoms with Crippen LogP contribution in [0.2, 0.25) is 0 Å². The van der Waals surface area contributed by atoms with Crippen LogP contribution in [0.4, 0.5) is 0 Å². The Morgan fingerprint density at radius 2 is 1.22 bits per heavy atom. The Hall–Kier alpha value is -2.26. The molecule has 4 N–H and O–H groups in total. The van der Waals surface area contributed by atoms with E-state index in [-0.39, 0.29) is 0 Å². The average molecular weight is 378 g/mol. The molecule has 0 amide bonds. The van der Waals surface area contributed by atoms with Crippen LogP contribution in [-0.4, -0.2) is 71.1 Å². The third-order valence-corrected chi connectivity index (χ3v) is 4.70. The highest BCUT2D eigenvalue weighted by Crippen LogP contribution is 2.15. The van der Waals surface area contributed by atoms with Gasteiger partial charge in [0.2, 0.25) is 5.25 Å². The Morgan fingerprint density at radius 1 is 0.826 bits per heavy atom. The fourth-order valence-corrected chi connectivity index (χ4v) is 2.93. The molecule has 2 unspecified atom stereocenters. The Balaban J connectivity index is 5.56. The summed E-state index contributed by atoms with van der Waals surface area (Å²) in [5.74, 6) is -8.29. The summed E-state index contributed by atoms with van der Waals surface area (Å²) in [5, 5.41) is 19.8. The highest BCUT2D eigenvalue weighted by Gasteiger charge is 2.43. The molecule has 0 saturated carbocycles. The molecule has 132 valence electrons. The van der Waals surface area contributed by atoms with Gasteiger partial charge in [-0.25, -0.2) is 4.79 Å². The van der Waals surface area contributed by atoms with Crippen LogP contribution in [0.5, 0.6) is 0 Å². The Bertz CT molecular complexity index is 715. The van der Waals surface area contributed by atoms with Crippen molar-refractivity contribution in [2.45, 2.75) is 23.3 Å². The largest absolute Gasteiger partial charge is 0.481 e. The van der Waals surface area contributed by atoms with Crippen LogP contribution in [0.25, 0.3) is 0 Å². The van der Waals surface area contributed by atoms with E-state index in [1.807, 2.05) is 0 Å². The van der Waals surface area contributed by atoms with Crippen molar-refractivity contribution < 1.29 is 60.1 Å². The van der Waals surface area contributed by atoms with Gasteiger partial charge in [-0.2, -0.15) is 16.8 Å². The topological polar surface area (TPSA) is 227 Å². The van der Waals surface area contributed by atoms with Gasteiger partial charge in [0.25, 0.3) is 10.1 Å². The van der Waals surface area contributed by atoms with Gasteiger partial charge < -0.3 is 19.5 Å². The van der Waals surface area contributed by atoms with Crippen LogP contribution < -0.4 is 0 Å². The Kier molecular flexibility index (Phi) is 6.62. The van der Waals surface area contributed by atoms with Gasteiger partial charge >= 0.3 is 34.0 Å². The van der Waals surface area contributed by atoms with E-state index >= 15 is 0 Å². The summed E-state index contributed by atoms with van der Waals surface area (Å²) < 4.78 is 57.1. The first kappa shape index (κ1) is 20.7. The molecular formula is C8H10O13S2. The minimum absolute atomic E-state index is 1.51. The second-order valence-electron chi connectivity index (χ2n) is 3.92. The number of hydrogen-bond donors (Lipinski definition) is 4. The summed E-state index contributed by atoms with van der Waals surface area (Å²) in [4.78, 5) is 42.9. The fraction of sp³-hybridized carbons (Fsp3) is 0.500. The number of carboxylic acid groups (broad SMARTS) is 3. The summed E-state index contributed by atoms with van der Waals surface area (Å²) >= 11 is 0. The van der Waals surface area contributed by atoms with Gasteiger partial charge in [0.1, 0.15) is 0 Å². The number of carboxylic acids is 3. The van der Waals surface area contributed by atoms with E-state index in [0.717, 1.165) is 0 Å². The second-order valence-corrected chi connectivity index (χ2v) is 7.24. The molecule has 15 heteroatoms. The Morgan fingerprint density at radius 3 is 1.52 bits per heavy atom. The summed E-state index contributed by atoms with van der Waals surface area (Å²) in [6, 6.07) is 0. The highest BCUT2D eigenvalue weighted by molar-refractivity contribution is 7.89. The molecule has 0 radical (unpaired) electrons. The molecule has 0 fully saturated rings. The van der Waals surface area contributed by atoms with Crippen LogP contribution in [0.3, 0.4) is 0 Å². The molecular weight excluding hydrogens is 368 g/mol. The lowest BCUT2D eigenvalue weighted by Crippen LogP contribution is -2.40. The second kappa shape index (κ2) is 7.34. The molecule has 0 aliphatic heterocycles. The molecule has 0 aromatic heterocycles. The summed E-state index contributed by atoms with van der Waals surface area (Å²) in [6.45, 7) is 0. The number of carbonyl (C=O) groups is 4. The SMILES string of the molecule is O=C(O)CC(C(=O)OS(=O)(=O)C(CC(=O)O)C(=O)O)S(=O)(=O)O. The maximum Gasteiger partial charge on any atom is 0.343 e. The molecule has 0 saturated heterocycles. The minimum Gasteiger partial charge on any atom is -0.481 e. The lowest BCUT2D eigenvalue weighted by atomic mass is 10.3.